The number of aliphatic hydroxyl groups is 1. The van der Waals surface area contributed by atoms with Gasteiger partial charge >= 0.3 is 0 Å². The fourth-order valence-corrected chi connectivity index (χ4v) is 1.75. The van der Waals surface area contributed by atoms with Crippen LogP contribution in [0.5, 0.6) is 0 Å². The van der Waals surface area contributed by atoms with Crippen molar-refractivity contribution in [2.24, 2.45) is 5.92 Å². The molecule has 114 valence electrons. The van der Waals surface area contributed by atoms with E-state index in [0.717, 1.165) is 6.42 Å². The maximum atomic E-state index is 14.0. The van der Waals surface area contributed by atoms with Gasteiger partial charge in [-0.3, -0.25) is 4.79 Å². The van der Waals surface area contributed by atoms with E-state index in [4.69, 9.17) is 5.11 Å². The summed E-state index contributed by atoms with van der Waals surface area (Å²) < 4.78 is 14.0. The van der Waals surface area contributed by atoms with E-state index in [1.165, 1.54) is 17.0 Å². The number of carbonyl (C=O) groups is 1. The Hall–Kier alpha value is -1.86. The number of carbonyl (C=O) groups excluding carboxylic acids is 1. The zero-order valence-corrected chi connectivity index (χ0v) is 12.8. The van der Waals surface area contributed by atoms with Gasteiger partial charge in [-0.05, 0) is 30.5 Å². The van der Waals surface area contributed by atoms with E-state index in [2.05, 4.69) is 25.7 Å². The highest BCUT2D eigenvalue weighted by Crippen LogP contribution is 2.13. The molecule has 21 heavy (non-hydrogen) atoms. The van der Waals surface area contributed by atoms with Gasteiger partial charge in [0.25, 0.3) is 5.91 Å². The molecular weight excluding hydrogens is 269 g/mol. The summed E-state index contributed by atoms with van der Waals surface area (Å²) in [6.07, 6.45) is 1.23. The van der Waals surface area contributed by atoms with Crippen molar-refractivity contribution >= 4 is 5.91 Å². The number of benzene rings is 1. The lowest BCUT2D eigenvalue weighted by atomic mass is 10.1. The van der Waals surface area contributed by atoms with Crippen molar-refractivity contribution in [3.63, 3.8) is 0 Å². The second-order valence-corrected chi connectivity index (χ2v) is 5.38. The van der Waals surface area contributed by atoms with Gasteiger partial charge in [-0.25, -0.2) is 4.39 Å². The lowest BCUT2D eigenvalue weighted by Gasteiger charge is -2.18. The number of aliphatic hydroxyl groups excluding tert-OH is 1. The summed E-state index contributed by atoms with van der Waals surface area (Å²) in [5.41, 5.74) is 0.566. The van der Waals surface area contributed by atoms with Crippen molar-refractivity contribution in [1.29, 1.82) is 0 Å². The normalized spacial score (nSPS) is 10.2. The van der Waals surface area contributed by atoms with Gasteiger partial charge in [0, 0.05) is 25.6 Å². The average Bonchev–Trinajstić information content (AvgIpc) is 2.44. The molecule has 0 spiro atoms. The van der Waals surface area contributed by atoms with Crippen LogP contribution in [0, 0.1) is 23.6 Å². The summed E-state index contributed by atoms with van der Waals surface area (Å²) in [4.78, 5) is 13.7. The zero-order chi connectivity index (χ0) is 15.8. The molecule has 0 unspecified atom stereocenters. The van der Waals surface area contributed by atoms with Crippen LogP contribution in [0.2, 0.25) is 0 Å². The van der Waals surface area contributed by atoms with Crippen LogP contribution in [-0.4, -0.2) is 36.1 Å². The molecule has 1 rings (SSSR count). The Balaban J connectivity index is 2.80. The highest BCUT2D eigenvalue weighted by Gasteiger charge is 2.16. The molecule has 0 atom stereocenters. The minimum atomic E-state index is -0.563. The number of halogens is 1. The fraction of sp³-hybridized carbons (Fsp3) is 0.471. The predicted octanol–water partition coefficient (Wildman–Crippen LogP) is 2.68. The lowest BCUT2D eigenvalue weighted by molar-refractivity contribution is 0.0784. The first-order valence-electron chi connectivity index (χ1n) is 7.10. The second-order valence-electron chi connectivity index (χ2n) is 5.38. The quantitative estimate of drug-likeness (QED) is 0.847. The van der Waals surface area contributed by atoms with Crippen LogP contribution in [0.25, 0.3) is 0 Å². The summed E-state index contributed by atoms with van der Waals surface area (Å²) in [7, 11) is 1.68. The maximum Gasteiger partial charge on any atom is 0.256 e. The molecular formula is C17H22FNO2. The van der Waals surface area contributed by atoms with E-state index >= 15 is 0 Å². The number of rotatable bonds is 5. The number of amides is 1. The predicted molar refractivity (Wildman–Crippen MR) is 81.4 cm³/mol. The van der Waals surface area contributed by atoms with Crippen LogP contribution in [0.15, 0.2) is 18.2 Å². The van der Waals surface area contributed by atoms with E-state index < -0.39 is 5.82 Å². The Morgan fingerprint density at radius 1 is 1.43 bits per heavy atom. The van der Waals surface area contributed by atoms with Gasteiger partial charge < -0.3 is 10.0 Å². The molecule has 0 aliphatic heterocycles. The van der Waals surface area contributed by atoms with Crippen molar-refractivity contribution in [3.05, 3.63) is 35.1 Å². The topological polar surface area (TPSA) is 40.5 Å². The van der Waals surface area contributed by atoms with Crippen molar-refractivity contribution in [3.8, 4) is 11.8 Å². The first kappa shape index (κ1) is 17.2. The van der Waals surface area contributed by atoms with E-state index in [-0.39, 0.29) is 18.1 Å². The Morgan fingerprint density at radius 3 is 2.71 bits per heavy atom. The van der Waals surface area contributed by atoms with Gasteiger partial charge in [0.05, 0.1) is 12.2 Å². The molecule has 3 nitrogen and oxygen atoms in total. The first-order chi connectivity index (χ1) is 9.95. The molecule has 0 saturated carbocycles. The minimum Gasteiger partial charge on any atom is -0.395 e. The minimum absolute atomic E-state index is 0.0211. The van der Waals surface area contributed by atoms with Crippen LogP contribution in [0.3, 0.4) is 0 Å². The van der Waals surface area contributed by atoms with Crippen LogP contribution in [-0.2, 0) is 0 Å². The molecule has 4 heteroatoms. The highest BCUT2D eigenvalue weighted by molar-refractivity contribution is 5.94. The highest BCUT2D eigenvalue weighted by atomic mass is 19.1. The monoisotopic (exact) mass is 291 g/mol. The van der Waals surface area contributed by atoms with Gasteiger partial charge in [-0.2, -0.15) is 0 Å². The summed E-state index contributed by atoms with van der Waals surface area (Å²) in [6.45, 7) is 4.75. The van der Waals surface area contributed by atoms with Crippen molar-refractivity contribution < 1.29 is 14.3 Å². The summed E-state index contributed by atoms with van der Waals surface area (Å²) in [5.74, 6) is 5.08. The SMILES string of the molecule is CC(C)CCN(C)C(=O)c1ccc(C#CCCO)cc1F. The molecule has 0 saturated heterocycles. The van der Waals surface area contributed by atoms with E-state index in [1.54, 1.807) is 13.1 Å². The Bertz CT molecular complexity index is 543. The second kappa shape index (κ2) is 8.43. The van der Waals surface area contributed by atoms with E-state index in [1.807, 2.05) is 0 Å². The third-order valence-corrected chi connectivity index (χ3v) is 3.06. The molecule has 0 aromatic heterocycles. The van der Waals surface area contributed by atoms with Crippen LogP contribution < -0.4 is 0 Å². The first-order valence-corrected chi connectivity index (χ1v) is 7.10. The molecule has 0 aliphatic carbocycles. The zero-order valence-electron chi connectivity index (χ0n) is 12.8. The number of nitrogens with zero attached hydrogens (tertiary/aromatic N) is 1. The Labute approximate surface area is 125 Å². The molecule has 1 N–H and O–H groups in total. The number of hydrogen-bond donors (Lipinski definition) is 1. The maximum absolute atomic E-state index is 14.0. The van der Waals surface area contributed by atoms with Crippen molar-refractivity contribution in [1.82, 2.24) is 4.90 Å². The molecule has 1 aromatic carbocycles. The molecule has 1 amide bonds. The smallest absolute Gasteiger partial charge is 0.256 e. The Morgan fingerprint density at radius 2 is 2.14 bits per heavy atom. The van der Waals surface area contributed by atoms with Crippen molar-refractivity contribution in [2.45, 2.75) is 26.7 Å². The fourth-order valence-electron chi connectivity index (χ4n) is 1.75. The standard InChI is InChI=1S/C17H22FNO2/c1-13(2)9-10-19(3)17(21)15-8-7-14(12-16(15)18)6-4-5-11-20/h7-8,12-13,20H,5,9-11H2,1-3H3. The van der Waals surface area contributed by atoms with Crippen LogP contribution in [0.4, 0.5) is 4.39 Å². The summed E-state index contributed by atoms with van der Waals surface area (Å²) in [6, 6.07) is 4.34. The molecule has 0 radical (unpaired) electrons. The van der Waals surface area contributed by atoms with Crippen LogP contribution >= 0.6 is 0 Å². The van der Waals surface area contributed by atoms with E-state index in [0.29, 0.717) is 24.4 Å². The van der Waals surface area contributed by atoms with Gasteiger partial charge in [-0.1, -0.05) is 25.7 Å². The van der Waals surface area contributed by atoms with E-state index in [9.17, 15) is 9.18 Å². The van der Waals surface area contributed by atoms with Gasteiger partial charge in [0.15, 0.2) is 0 Å². The van der Waals surface area contributed by atoms with Crippen molar-refractivity contribution in [2.75, 3.05) is 20.2 Å². The third-order valence-electron chi connectivity index (χ3n) is 3.06. The van der Waals surface area contributed by atoms with Gasteiger partial charge in [0.2, 0.25) is 0 Å². The van der Waals surface area contributed by atoms with Crippen LogP contribution in [0.1, 0.15) is 42.6 Å². The molecule has 0 aliphatic rings. The van der Waals surface area contributed by atoms with Gasteiger partial charge in [-0.15, -0.1) is 0 Å². The molecule has 0 heterocycles. The largest absolute Gasteiger partial charge is 0.395 e. The lowest BCUT2D eigenvalue weighted by Crippen LogP contribution is -2.29. The average molecular weight is 291 g/mol. The third kappa shape index (κ3) is 5.57. The van der Waals surface area contributed by atoms with Gasteiger partial charge in [0.1, 0.15) is 5.82 Å². The number of hydrogen-bond acceptors (Lipinski definition) is 2. The molecule has 1 aromatic rings. The summed E-state index contributed by atoms with van der Waals surface area (Å²) in [5, 5.41) is 8.64. The molecule has 0 bridgehead atoms. The Kier molecular flexibility index (Phi) is 6.90. The molecule has 0 fully saturated rings. The summed E-state index contributed by atoms with van der Waals surface area (Å²) >= 11 is 0.